The zero-order chi connectivity index (χ0) is 16.7. The van der Waals surface area contributed by atoms with Crippen molar-refractivity contribution < 1.29 is 9.15 Å². The molecule has 0 saturated heterocycles. The van der Waals surface area contributed by atoms with Crippen LogP contribution in [0.15, 0.2) is 51.7 Å². The summed E-state index contributed by atoms with van der Waals surface area (Å²) in [6.45, 7) is 3.01. The fourth-order valence-electron chi connectivity index (χ4n) is 3.15. The second kappa shape index (κ2) is 5.87. The van der Waals surface area contributed by atoms with Gasteiger partial charge in [0.15, 0.2) is 6.73 Å². The van der Waals surface area contributed by atoms with E-state index in [4.69, 9.17) is 20.8 Å². The Kier molecular flexibility index (Phi) is 3.69. The maximum absolute atomic E-state index is 11.9. The van der Waals surface area contributed by atoms with Crippen molar-refractivity contribution in [1.82, 2.24) is 0 Å². The monoisotopic (exact) mass is 341 g/mol. The van der Waals surface area contributed by atoms with Gasteiger partial charge in [-0.1, -0.05) is 30.7 Å². The molecule has 5 heteroatoms. The van der Waals surface area contributed by atoms with Crippen molar-refractivity contribution in [3.8, 4) is 5.75 Å². The molecular formula is C19H16ClNO3. The number of hydrogen-bond acceptors (Lipinski definition) is 4. The fraction of sp³-hybridized carbons (Fsp3) is 0.211. The van der Waals surface area contributed by atoms with E-state index in [0.717, 1.165) is 34.4 Å². The van der Waals surface area contributed by atoms with Crippen LogP contribution < -0.4 is 15.3 Å². The molecule has 2 aromatic carbocycles. The first-order valence-corrected chi connectivity index (χ1v) is 8.26. The van der Waals surface area contributed by atoms with E-state index in [2.05, 4.69) is 0 Å². The lowest BCUT2D eigenvalue weighted by Crippen LogP contribution is -2.32. The average Bonchev–Trinajstić information content (AvgIpc) is 2.61. The maximum Gasteiger partial charge on any atom is 0.336 e. The Morgan fingerprint density at radius 3 is 2.83 bits per heavy atom. The van der Waals surface area contributed by atoms with Crippen molar-refractivity contribution in [2.75, 3.05) is 11.6 Å². The van der Waals surface area contributed by atoms with Crippen LogP contribution in [0.4, 0.5) is 5.69 Å². The van der Waals surface area contributed by atoms with Gasteiger partial charge in [-0.05, 0) is 36.2 Å². The average molecular weight is 342 g/mol. The zero-order valence-electron chi connectivity index (χ0n) is 13.2. The first kappa shape index (κ1) is 15.1. The number of halogens is 1. The van der Waals surface area contributed by atoms with Crippen LogP contribution in [0.1, 0.15) is 18.1 Å². The summed E-state index contributed by atoms with van der Waals surface area (Å²) < 4.78 is 11.4. The van der Waals surface area contributed by atoms with Crippen LogP contribution in [0.5, 0.6) is 5.75 Å². The van der Waals surface area contributed by atoms with Gasteiger partial charge in [-0.3, -0.25) is 0 Å². The van der Waals surface area contributed by atoms with Crippen molar-refractivity contribution in [3.05, 3.63) is 69.0 Å². The number of ether oxygens (including phenoxy) is 1. The summed E-state index contributed by atoms with van der Waals surface area (Å²) in [5.74, 6) is 0.752. The van der Waals surface area contributed by atoms with Gasteiger partial charge in [0.1, 0.15) is 11.3 Å². The molecule has 0 N–H and O–H groups in total. The lowest BCUT2D eigenvalue weighted by molar-refractivity contribution is 0.289. The van der Waals surface area contributed by atoms with E-state index in [1.807, 2.05) is 48.2 Å². The third kappa shape index (κ3) is 2.43. The Morgan fingerprint density at radius 1 is 1.21 bits per heavy atom. The molecule has 0 bridgehead atoms. The van der Waals surface area contributed by atoms with Crippen LogP contribution in [0.2, 0.25) is 5.02 Å². The Balaban J connectivity index is 1.86. The van der Waals surface area contributed by atoms with Gasteiger partial charge in [-0.15, -0.1) is 0 Å². The molecule has 0 unspecified atom stereocenters. The number of rotatable bonds is 2. The smallest absolute Gasteiger partial charge is 0.336 e. The SMILES string of the molecule is CCc1cc(=O)oc2c3c(ccc12)OCN(c1ccccc1Cl)C3. The summed E-state index contributed by atoms with van der Waals surface area (Å²) in [6, 6.07) is 13.1. The molecule has 0 spiro atoms. The van der Waals surface area contributed by atoms with Crippen molar-refractivity contribution in [3.63, 3.8) is 0 Å². The van der Waals surface area contributed by atoms with Crippen LogP contribution in [0, 0.1) is 0 Å². The highest BCUT2D eigenvalue weighted by Crippen LogP contribution is 2.36. The largest absolute Gasteiger partial charge is 0.473 e. The Hall–Kier alpha value is -2.46. The van der Waals surface area contributed by atoms with E-state index in [-0.39, 0.29) is 5.63 Å². The van der Waals surface area contributed by atoms with Gasteiger partial charge in [0.25, 0.3) is 0 Å². The molecule has 0 amide bonds. The minimum absolute atomic E-state index is 0.331. The summed E-state index contributed by atoms with van der Waals surface area (Å²) in [4.78, 5) is 13.9. The summed E-state index contributed by atoms with van der Waals surface area (Å²) in [5, 5.41) is 1.63. The normalized spacial score (nSPS) is 13.7. The Labute approximate surface area is 144 Å². The second-order valence-corrected chi connectivity index (χ2v) is 6.19. The number of benzene rings is 2. The molecule has 3 aromatic rings. The molecule has 0 radical (unpaired) electrons. The van der Waals surface area contributed by atoms with E-state index in [1.165, 1.54) is 0 Å². The Bertz CT molecular complexity index is 980. The number of anilines is 1. The first-order chi connectivity index (χ1) is 11.7. The summed E-state index contributed by atoms with van der Waals surface area (Å²) in [6.07, 6.45) is 0.774. The first-order valence-electron chi connectivity index (χ1n) is 7.88. The van der Waals surface area contributed by atoms with Crippen LogP contribution in [0.25, 0.3) is 11.0 Å². The molecule has 4 nitrogen and oxygen atoms in total. The van der Waals surface area contributed by atoms with Gasteiger partial charge in [0.2, 0.25) is 0 Å². The van der Waals surface area contributed by atoms with Crippen molar-refractivity contribution >= 4 is 28.3 Å². The predicted molar refractivity (Wildman–Crippen MR) is 95.0 cm³/mol. The van der Waals surface area contributed by atoms with E-state index in [9.17, 15) is 4.79 Å². The fourth-order valence-corrected chi connectivity index (χ4v) is 3.41. The van der Waals surface area contributed by atoms with Gasteiger partial charge in [0, 0.05) is 11.5 Å². The van der Waals surface area contributed by atoms with Gasteiger partial charge < -0.3 is 14.1 Å². The molecule has 0 saturated carbocycles. The van der Waals surface area contributed by atoms with E-state index in [1.54, 1.807) is 6.07 Å². The highest BCUT2D eigenvalue weighted by atomic mass is 35.5. The third-order valence-electron chi connectivity index (χ3n) is 4.36. The maximum atomic E-state index is 11.9. The quantitative estimate of drug-likeness (QED) is 0.649. The molecule has 1 aliphatic rings. The van der Waals surface area contributed by atoms with E-state index >= 15 is 0 Å². The van der Waals surface area contributed by atoms with Crippen LogP contribution in [-0.2, 0) is 13.0 Å². The molecule has 0 atom stereocenters. The lowest BCUT2D eigenvalue weighted by Gasteiger charge is -2.31. The Morgan fingerprint density at radius 2 is 2.04 bits per heavy atom. The van der Waals surface area contributed by atoms with E-state index in [0.29, 0.717) is 23.9 Å². The van der Waals surface area contributed by atoms with Crippen LogP contribution in [0.3, 0.4) is 0 Å². The van der Waals surface area contributed by atoms with Crippen LogP contribution in [-0.4, -0.2) is 6.73 Å². The van der Waals surface area contributed by atoms with Crippen molar-refractivity contribution in [2.24, 2.45) is 0 Å². The lowest BCUT2D eigenvalue weighted by atomic mass is 10.0. The summed E-state index contributed by atoms with van der Waals surface area (Å²) >= 11 is 6.31. The highest BCUT2D eigenvalue weighted by molar-refractivity contribution is 6.33. The number of hydrogen-bond donors (Lipinski definition) is 0. The predicted octanol–water partition coefficient (Wildman–Crippen LogP) is 4.37. The number of para-hydroxylation sites is 1. The van der Waals surface area contributed by atoms with Gasteiger partial charge in [0.05, 0.1) is 22.8 Å². The molecule has 0 aliphatic carbocycles. The second-order valence-electron chi connectivity index (χ2n) is 5.79. The minimum Gasteiger partial charge on any atom is -0.473 e. The van der Waals surface area contributed by atoms with E-state index < -0.39 is 0 Å². The molecule has 122 valence electrons. The summed E-state index contributed by atoms with van der Waals surface area (Å²) in [7, 11) is 0. The minimum atomic E-state index is -0.331. The number of aryl methyl sites for hydroxylation is 1. The van der Waals surface area contributed by atoms with Gasteiger partial charge in [-0.25, -0.2) is 4.79 Å². The third-order valence-corrected chi connectivity index (χ3v) is 4.68. The molecule has 2 heterocycles. The van der Waals surface area contributed by atoms with Crippen molar-refractivity contribution in [2.45, 2.75) is 19.9 Å². The molecule has 0 fully saturated rings. The standard InChI is InChI=1S/C19H16ClNO3/c1-2-12-9-18(22)24-19-13(12)7-8-17-14(19)10-21(11-23-17)16-6-4-3-5-15(16)20/h3-9H,2,10-11H2,1H3. The number of fused-ring (bicyclic) bond motifs is 3. The molecule has 1 aliphatic heterocycles. The highest BCUT2D eigenvalue weighted by Gasteiger charge is 2.23. The topological polar surface area (TPSA) is 42.7 Å². The molecule has 1 aromatic heterocycles. The van der Waals surface area contributed by atoms with Gasteiger partial charge >= 0.3 is 5.63 Å². The van der Waals surface area contributed by atoms with Crippen molar-refractivity contribution in [1.29, 1.82) is 0 Å². The molecular weight excluding hydrogens is 326 g/mol. The number of nitrogens with zero attached hydrogens (tertiary/aromatic N) is 1. The molecule has 24 heavy (non-hydrogen) atoms. The van der Waals surface area contributed by atoms with Crippen LogP contribution >= 0.6 is 11.6 Å². The zero-order valence-corrected chi connectivity index (χ0v) is 14.0. The molecule has 4 rings (SSSR count). The van der Waals surface area contributed by atoms with Gasteiger partial charge in [-0.2, -0.15) is 0 Å². The summed E-state index contributed by atoms with van der Waals surface area (Å²) in [5.41, 5.74) is 3.04.